The quantitative estimate of drug-likeness (QED) is 0.700. The Hall–Kier alpha value is -1.15. The van der Waals surface area contributed by atoms with Gasteiger partial charge in [-0.05, 0) is 25.0 Å². The Morgan fingerprint density at radius 3 is 2.59 bits per heavy atom. The van der Waals surface area contributed by atoms with Gasteiger partial charge in [0.15, 0.2) is 0 Å². The maximum absolute atomic E-state index is 6.23. The Balaban J connectivity index is 2.05. The van der Waals surface area contributed by atoms with Gasteiger partial charge in [-0.2, -0.15) is 0 Å². The summed E-state index contributed by atoms with van der Waals surface area (Å²) in [5, 5.41) is 1.55. The van der Waals surface area contributed by atoms with Crippen molar-refractivity contribution < 1.29 is 0 Å². The highest BCUT2D eigenvalue weighted by atomic mass is 35.5. The Kier molecular flexibility index (Phi) is 2.98. The van der Waals surface area contributed by atoms with Gasteiger partial charge >= 0.3 is 0 Å². The van der Waals surface area contributed by atoms with Gasteiger partial charge in [0.05, 0.1) is 5.52 Å². The van der Waals surface area contributed by atoms with Gasteiger partial charge in [0.1, 0.15) is 11.0 Å². The van der Waals surface area contributed by atoms with E-state index in [0.29, 0.717) is 11.1 Å². The third kappa shape index (κ3) is 2.14. The SMILES string of the molecule is Clc1nc(C2CCCCC2)nc2ccccc12. The molecule has 1 aliphatic rings. The van der Waals surface area contributed by atoms with Crippen LogP contribution < -0.4 is 0 Å². The Morgan fingerprint density at radius 1 is 1.00 bits per heavy atom. The third-order valence-electron chi connectivity index (χ3n) is 3.54. The largest absolute Gasteiger partial charge is 0.232 e. The first-order chi connectivity index (χ1) is 8.34. The van der Waals surface area contributed by atoms with Gasteiger partial charge in [-0.15, -0.1) is 0 Å². The van der Waals surface area contributed by atoms with Crippen LogP contribution in [0.5, 0.6) is 0 Å². The zero-order valence-corrected chi connectivity index (χ0v) is 10.5. The second-order valence-electron chi connectivity index (χ2n) is 4.72. The van der Waals surface area contributed by atoms with E-state index in [0.717, 1.165) is 16.7 Å². The second kappa shape index (κ2) is 4.61. The molecule has 1 aliphatic carbocycles. The predicted octanol–water partition coefficient (Wildman–Crippen LogP) is 4.33. The van der Waals surface area contributed by atoms with Crippen molar-refractivity contribution in [2.24, 2.45) is 0 Å². The topological polar surface area (TPSA) is 25.8 Å². The van der Waals surface area contributed by atoms with Crippen molar-refractivity contribution in [3.05, 3.63) is 35.2 Å². The monoisotopic (exact) mass is 246 g/mol. The fraction of sp³-hybridized carbons (Fsp3) is 0.429. The van der Waals surface area contributed by atoms with Crippen molar-refractivity contribution in [1.82, 2.24) is 9.97 Å². The molecule has 0 aliphatic heterocycles. The third-order valence-corrected chi connectivity index (χ3v) is 3.83. The lowest BCUT2D eigenvalue weighted by atomic mass is 9.88. The standard InChI is InChI=1S/C14H15ClN2/c15-13-11-8-4-5-9-12(11)16-14(17-13)10-6-2-1-3-7-10/h4-5,8-10H,1-3,6-7H2. The smallest absolute Gasteiger partial charge is 0.140 e. The van der Waals surface area contributed by atoms with E-state index in [1.807, 2.05) is 24.3 Å². The zero-order chi connectivity index (χ0) is 11.7. The van der Waals surface area contributed by atoms with Crippen LogP contribution in [0.25, 0.3) is 10.9 Å². The number of rotatable bonds is 1. The highest BCUT2D eigenvalue weighted by Gasteiger charge is 2.19. The fourth-order valence-corrected chi connectivity index (χ4v) is 2.84. The number of aromatic nitrogens is 2. The van der Waals surface area contributed by atoms with Crippen molar-refractivity contribution in [3.63, 3.8) is 0 Å². The van der Waals surface area contributed by atoms with Crippen LogP contribution in [-0.4, -0.2) is 9.97 Å². The first kappa shape index (κ1) is 11.0. The number of halogens is 1. The van der Waals surface area contributed by atoms with Crippen molar-refractivity contribution in [2.75, 3.05) is 0 Å². The van der Waals surface area contributed by atoms with E-state index in [-0.39, 0.29) is 0 Å². The summed E-state index contributed by atoms with van der Waals surface area (Å²) >= 11 is 6.23. The molecule has 0 atom stereocenters. The molecule has 2 nitrogen and oxygen atoms in total. The molecule has 0 amide bonds. The molecule has 1 heterocycles. The van der Waals surface area contributed by atoms with Crippen LogP contribution in [0.2, 0.25) is 5.15 Å². The summed E-state index contributed by atoms with van der Waals surface area (Å²) in [6.45, 7) is 0. The van der Waals surface area contributed by atoms with Crippen LogP contribution in [0.15, 0.2) is 24.3 Å². The van der Waals surface area contributed by atoms with Crippen LogP contribution in [-0.2, 0) is 0 Å². The molecular weight excluding hydrogens is 232 g/mol. The summed E-state index contributed by atoms with van der Waals surface area (Å²) < 4.78 is 0. The first-order valence-electron chi connectivity index (χ1n) is 6.27. The summed E-state index contributed by atoms with van der Waals surface area (Å²) in [6, 6.07) is 7.95. The van der Waals surface area contributed by atoms with Crippen LogP contribution >= 0.6 is 11.6 Å². The molecule has 0 N–H and O–H groups in total. The molecule has 0 saturated heterocycles. The van der Waals surface area contributed by atoms with Crippen LogP contribution in [0.3, 0.4) is 0 Å². The lowest BCUT2D eigenvalue weighted by Crippen LogP contribution is -2.09. The number of hydrogen-bond donors (Lipinski definition) is 0. The molecule has 0 spiro atoms. The van der Waals surface area contributed by atoms with Gasteiger partial charge in [0, 0.05) is 11.3 Å². The van der Waals surface area contributed by atoms with Gasteiger partial charge in [0.2, 0.25) is 0 Å². The predicted molar refractivity (Wildman–Crippen MR) is 70.4 cm³/mol. The van der Waals surface area contributed by atoms with Crippen molar-refractivity contribution in [1.29, 1.82) is 0 Å². The van der Waals surface area contributed by atoms with E-state index in [1.165, 1.54) is 32.1 Å². The molecule has 0 bridgehead atoms. The Labute approximate surface area is 106 Å². The first-order valence-corrected chi connectivity index (χ1v) is 6.64. The number of para-hydroxylation sites is 1. The Morgan fingerprint density at radius 2 is 1.76 bits per heavy atom. The molecule has 88 valence electrons. The number of hydrogen-bond acceptors (Lipinski definition) is 2. The van der Waals surface area contributed by atoms with Gasteiger partial charge in [0.25, 0.3) is 0 Å². The highest BCUT2D eigenvalue weighted by Crippen LogP contribution is 2.32. The lowest BCUT2D eigenvalue weighted by molar-refractivity contribution is 0.429. The van der Waals surface area contributed by atoms with Crippen LogP contribution in [0.4, 0.5) is 0 Å². The minimum atomic E-state index is 0.505. The summed E-state index contributed by atoms with van der Waals surface area (Å²) in [6.07, 6.45) is 6.33. The van der Waals surface area contributed by atoms with Crippen LogP contribution in [0.1, 0.15) is 43.8 Å². The molecule has 2 aromatic rings. The normalized spacial score (nSPS) is 17.5. The second-order valence-corrected chi connectivity index (χ2v) is 5.08. The number of nitrogens with zero attached hydrogens (tertiary/aromatic N) is 2. The van der Waals surface area contributed by atoms with E-state index in [1.54, 1.807) is 0 Å². The zero-order valence-electron chi connectivity index (χ0n) is 9.69. The number of fused-ring (bicyclic) bond motifs is 1. The molecule has 3 rings (SSSR count). The minimum Gasteiger partial charge on any atom is -0.232 e. The van der Waals surface area contributed by atoms with Gasteiger partial charge in [-0.25, -0.2) is 9.97 Å². The molecule has 3 heteroatoms. The summed E-state index contributed by atoms with van der Waals surface area (Å²) in [5.41, 5.74) is 0.966. The van der Waals surface area contributed by atoms with E-state index in [2.05, 4.69) is 9.97 Å². The minimum absolute atomic E-state index is 0.505. The lowest BCUT2D eigenvalue weighted by Gasteiger charge is -2.20. The molecule has 0 radical (unpaired) electrons. The van der Waals surface area contributed by atoms with Crippen LogP contribution in [0, 0.1) is 0 Å². The van der Waals surface area contributed by atoms with Crippen molar-refractivity contribution >= 4 is 22.5 Å². The molecule has 1 aromatic heterocycles. The highest BCUT2D eigenvalue weighted by molar-refractivity contribution is 6.34. The van der Waals surface area contributed by atoms with Gasteiger partial charge in [-0.1, -0.05) is 43.0 Å². The summed E-state index contributed by atoms with van der Waals surface area (Å²) in [5.74, 6) is 1.44. The number of benzene rings is 1. The van der Waals surface area contributed by atoms with Crippen molar-refractivity contribution in [2.45, 2.75) is 38.0 Å². The molecular formula is C14H15ClN2. The maximum atomic E-state index is 6.23. The van der Waals surface area contributed by atoms with Crippen molar-refractivity contribution in [3.8, 4) is 0 Å². The van der Waals surface area contributed by atoms with E-state index >= 15 is 0 Å². The molecule has 1 aromatic carbocycles. The maximum Gasteiger partial charge on any atom is 0.140 e. The van der Waals surface area contributed by atoms with Gasteiger partial charge < -0.3 is 0 Å². The van der Waals surface area contributed by atoms with E-state index in [9.17, 15) is 0 Å². The average Bonchev–Trinajstić information content (AvgIpc) is 2.40. The average molecular weight is 247 g/mol. The molecule has 1 saturated carbocycles. The van der Waals surface area contributed by atoms with E-state index in [4.69, 9.17) is 11.6 Å². The Bertz CT molecular complexity index is 533. The van der Waals surface area contributed by atoms with Gasteiger partial charge in [-0.3, -0.25) is 0 Å². The van der Waals surface area contributed by atoms with E-state index < -0.39 is 0 Å². The fourth-order valence-electron chi connectivity index (χ4n) is 2.60. The molecule has 0 unspecified atom stereocenters. The summed E-state index contributed by atoms with van der Waals surface area (Å²) in [7, 11) is 0. The molecule has 17 heavy (non-hydrogen) atoms. The molecule has 1 fully saturated rings. The summed E-state index contributed by atoms with van der Waals surface area (Å²) in [4.78, 5) is 9.14.